The largest absolute Gasteiger partial charge is 0.484 e. The summed E-state index contributed by atoms with van der Waals surface area (Å²) in [6.07, 6.45) is -0.437. The number of primary amides is 1. The number of ether oxygens (including phenoxy) is 2. The molecule has 1 aliphatic heterocycles. The third kappa shape index (κ3) is 9.81. The Hall–Kier alpha value is -3.09. The molecule has 0 spiro atoms. The highest BCUT2D eigenvalue weighted by Crippen LogP contribution is 2.19. The van der Waals surface area contributed by atoms with E-state index in [2.05, 4.69) is 16.0 Å². The number of carboxylic acid groups (broad SMARTS) is 1. The molecule has 0 saturated carbocycles. The number of hydrogen-bond acceptors (Lipinski definition) is 8. The number of β-amino-alcohol motifs (C(OH)–C–C–N with tert-alkyl or cyclic N) is 1. The molecule has 1 aliphatic rings. The van der Waals surface area contributed by atoms with Crippen molar-refractivity contribution in [2.24, 2.45) is 5.73 Å². The van der Waals surface area contributed by atoms with Crippen LogP contribution in [0.5, 0.6) is 5.75 Å². The summed E-state index contributed by atoms with van der Waals surface area (Å²) in [5, 5.41) is 27.1. The Morgan fingerprint density at radius 3 is 2.50 bits per heavy atom. The first kappa shape index (κ1) is 28.9. The number of benzene rings is 1. The highest BCUT2D eigenvalue weighted by molar-refractivity contribution is 5.85. The predicted octanol–water partition coefficient (Wildman–Crippen LogP) is -0.688. The van der Waals surface area contributed by atoms with Crippen molar-refractivity contribution < 1.29 is 38.9 Å². The lowest BCUT2D eigenvalue weighted by Crippen LogP contribution is -2.43. The van der Waals surface area contributed by atoms with Gasteiger partial charge in [0.25, 0.3) is 5.91 Å². The van der Waals surface area contributed by atoms with Crippen molar-refractivity contribution >= 4 is 36.3 Å². The van der Waals surface area contributed by atoms with E-state index in [1.54, 1.807) is 24.3 Å². The molecule has 1 aromatic carbocycles. The predicted molar refractivity (Wildman–Crippen MR) is 123 cm³/mol. The van der Waals surface area contributed by atoms with Crippen molar-refractivity contribution in [2.45, 2.75) is 50.5 Å². The smallest absolute Gasteiger partial charge is 0.326 e. The Morgan fingerprint density at radius 1 is 1.24 bits per heavy atom. The first-order valence-corrected chi connectivity index (χ1v) is 10.5. The second-order valence-corrected chi connectivity index (χ2v) is 7.68. The molecule has 7 N–H and O–H groups in total. The van der Waals surface area contributed by atoms with Gasteiger partial charge in [0.1, 0.15) is 24.0 Å². The molecular formula is C21H31ClN4O8. The summed E-state index contributed by atoms with van der Waals surface area (Å²) in [6, 6.07) is 4.86. The number of urea groups is 1. The molecule has 1 aromatic rings. The lowest BCUT2D eigenvalue weighted by molar-refractivity contribution is -0.151. The van der Waals surface area contributed by atoms with Gasteiger partial charge >= 0.3 is 18.0 Å². The maximum Gasteiger partial charge on any atom is 0.326 e. The van der Waals surface area contributed by atoms with Gasteiger partial charge in [-0.3, -0.25) is 9.59 Å². The average Bonchev–Trinajstić information content (AvgIpc) is 3.08. The van der Waals surface area contributed by atoms with Gasteiger partial charge in [-0.1, -0.05) is 12.1 Å². The standard InChI is InChI=1S/C21H30N4O8.ClH/c1-12(26)33-19-16(24-10-17(19)27)9-13-4-6-14(7-5-13)32-11-18(28)25-15(20(29)30)3-2-8-23-21(22)31;/h4-7,15-17,19,24,27H,2-3,8-11H2,1H3,(H,25,28)(H,29,30)(H3,22,23,31);1H/t15-,16+,17-,19-;/m0./s1. The number of nitrogens with two attached hydrogens (primary N) is 1. The maximum absolute atomic E-state index is 12.1. The van der Waals surface area contributed by atoms with Crippen LogP contribution in [0.15, 0.2) is 24.3 Å². The fourth-order valence-electron chi connectivity index (χ4n) is 3.45. The van der Waals surface area contributed by atoms with Gasteiger partial charge in [0.05, 0.1) is 6.04 Å². The summed E-state index contributed by atoms with van der Waals surface area (Å²) >= 11 is 0. The molecule has 12 nitrogen and oxygen atoms in total. The molecule has 1 saturated heterocycles. The van der Waals surface area contributed by atoms with E-state index in [1.165, 1.54) is 6.92 Å². The Morgan fingerprint density at radius 2 is 1.91 bits per heavy atom. The molecule has 2 rings (SSSR count). The molecular weight excluding hydrogens is 472 g/mol. The van der Waals surface area contributed by atoms with E-state index in [4.69, 9.17) is 15.2 Å². The lowest BCUT2D eigenvalue weighted by atomic mass is 10.0. The van der Waals surface area contributed by atoms with Gasteiger partial charge in [0.15, 0.2) is 6.61 Å². The summed E-state index contributed by atoms with van der Waals surface area (Å²) in [4.78, 5) is 45.2. The van der Waals surface area contributed by atoms with Gasteiger partial charge in [-0.15, -0.1) is 12.4 Å². The van der Waals surface area contributed by atoms with Gasteiger partial charge in [-0.2, -0.15) is 0 Å². The minimum atomic E-state index is -1.19. The number of aliphatic hydroxyl groups excluding tert-OH is 1. The molecule has 13 heteroatoms. The number of carbonyl (C=O) groups excluding carboxylic acids is 3. The molecule has 4 atom stereocenters. The summed E-state index contributed by atoms with van der Waals surface area (Å²) in [7, 11) is 0. The normalized spacial score (nSPS) is 19.9. The van der Waals surface area contributed by atoms with Crippen molar-refractivity contribution in [3.63, 3.8) is 0 Å². The van der Waals surface area contributed by atoms with E-state index in [0.717, 1.165) is 5.56 Å². The number of amides is 3. The van der Waals surface area contributed by atoms with Crippen LogP contribution in [0.1, 0.15) is 25.3 Å². The third-order valence-electron chi connectivity index (χ3n) is 5.02. The molecule has 0 aromatic heterocycles. The molecule has 34 heavy (non-hydrogen) atoms. The van der Waals surface area contributed by atoms with E-state index in [9.17, 15) is 29.4 Å². The molecule has 1 fully saturated rings. The van der Waals surface area contributed by atoms with Crippen LogP contribution in [-0.4, -0.2) is 78.1 Å². The number of nitrogens with one attached hydrogen (secondary N) is 3. The second-order valence-electron chi connectivity index (χ2n) is 7.68. The summed E-state index contributed by atoms with van der Waals surface area (Å²) in [6.45, 7) is 1.46. The molecule has 0 aliphatic carbocycles. The van der Waals surface area contributed by atoms with E-state index >= 15 is 0 Å². The van der Waals surface area contributed by atoms with E-state index in [0.29, 0.717) is 25.1 Å². The highest BCUT2D eigenvalue weighted by Gasteiger charge is 2.37. The minimum absolute atomic E-state index is 0. The fraction of sp³-hybridized carbons (Fsp3) is 0.524. The number of hydrogen-bond donors (Lipinski definition) is 6. The number of rotatable bonds is 12. The molecule has 190 valence electrons. The number of halogens is 1. The van der Waals surface area contributed by atoms with Crippen molar-refractivity contribution in [1.29, 1.82) is 0 Å². The average molecular weight is 503 g/mol. The summed E-state index contributed by atoms with van der Waals surface area (Å²) in [5.74, 6) is -1.82. The van der Waals surface area contributed by atoms with E-state index in [1.807, 2.05) is 0 Å². The summed E-state index contributed by atoms with van der Waals surface area (Å²) in [5.41, 5.74) is 5.85. The number of esters is 1. The van der Waals surface area contributed by atoms with Crippen LogP contribution in [0.4, 0.5) is 4.79 Å². The number of carboxylic acids is 1. The Kier molecular flexibility index (Phi) is 12.1. The third-order valence-corrected chi connectivity index (χ3v) is 5.02. The van der Waals surface area contributed by atoms with Crippen molar-refractivity contribution in [3.05, 3.63) is 29.8 Å². The number of aliphatic hydroxyl groups is 1. The zero-order chi connectivity index (χ0) is 24.4. The minimum Gasteiger partial charge on any atom is -0.484 e. The van der Waals surface area contributed by atoms with E-state index < -0.39 is 42.1 Å². The second kappa shape index (κ2) is 14.2. The van der Waals surface area contributed by atoms with Crippen LogP contribution < -0.4 is 26.4 Å². The highest BCUT2D eigenvalue weighted by atomic mass is 35.5. The quantitative estimate of drug-likeness (QED) is 0.159. The van der Waals surface area contributed by atoms with Crippen LogP contribution in [-0.2, 0) is 25.5 Å². The van der Waals surface area contributed by atoms with Gasteiger partial charge in [0.2, 0.25) is 0 Å². The zero-order valence-corrected chi connectivity index (χ0v) is 19.5. The van der Waals surface area contributed by atoms with Crippen molar-refractivity contribution in [1.82, 2.24) is 16.0 Å². The molecule has 0 radical (unpaired) electrons. The van der Waals surface area contributed by atoms with Crippen LogP contribution in [0, 0.1) is 0 Å². The maximum atomic E-state index is 12.1. The monoisotopic (exact) mass is 502 g/mol. The van der Waals surface area contributed by atoms with Gasteiger partial charge in [0, 0.05) is 20.0 Å². The first-order valence-electron chi connectivity index (χ1n) is 10.5. The topological polar surface area (TPSA) is 189 Å². The van der Waals surface area contributed by atoms with Crippen LogP contribution >= 0.6 is 12.4 Å². The Balaban J connectivity index is 0.00000578. The van der Waals surface area contributed by atoms with Crippen LogP contribution in [0.25, 0.3) is 0 Å². The number of aliphatic carboxylic acids is 1. The molecule has 3 amide bonds. The Bertz CT molecular complexity index is 839. The first-order chi connectivity index (χ1) is 15.7. The molecule has 1 heterocycles. The van der Waals surface area contributed by atoms with Crippen molar-refractivity contribution in [3.8, 4) is 5.75 Å². The number of carbonyl (C=O) groups is 4. The fourth-order valence-corrected chi connectivity index (χ4v) is 3.45. The van der Waals surface area contributed by atoms with Gasteiger partial charge in [-0.25, -0.2) is 9.59 Å². The Labute approximate surface area is 203 Å². The van der Waals surface area contributed by atoms with Crippen molar-refractivity contribution in [2.75, 3.05) is 19.7 Å². The summed E-state index contributed by atoms with van der Waals surface area (Å²) < 4.78 is 10.6. The molecule has 0 unspecified atom stereocenters. The van der Waals surface area contributed by atoms with Crippen LogP contribution in [0.2, 0.25) is 0 Å². The van der Waals surface area contributed by atoms with Gasteiger partial charge < -0.3 is 41.4 Å². The zero-order valence-electron chi connectivity index (χ0n) is 18.7. The van der Waals surface area contributed by atoms with Gasteiger partial charge in [-0.05, 0) is 37.0 Å². The molecule has 0 bridgehead atoms. The van der Waals surface area contributed by atoms with Crippen LogP contribution in [0.3, 0.4) is 0 Å². The van der Waals surface area contributed by atoms with E-state index in [-0.39, 0.29) is 38.0 Å². The lowest BCUT2D eigenvalue weighted by Gasteiger charge is -2.21. The SMILES string of the molecule is CC(=O)O[C@@H]1[C@@H](O)CN[C@@H]1Cc1ccc(OCC(=O)N[C@@H](CCCNC(N)=O)C(=O)O)cc1.Cl.